The Morgan fingerprint density at radius 1 is 1.29 bits per heavy atom. The highest BCUT2D eigenvalue weighted by atomic mass is 35.5. The standard InChI is InChI=1S/C11H22N2.ClH/c1-2-13-8-4-5-10-9-12-7-3-6-11(10)13;/h10-12H,2-9H2,1H3;1H. The topological polar surface area (TPSA) is 15.3 Å². The molecule has 2 unspecified atom stereocenters. The van der Waals surface area contributed by atoms with Crippen LogP contribution in [0.1, 0.15) is 32.6 Å². The van der Waals surface area contributed by atoms with Crippen molar-refractivity contribution in [2.45, 2.75) is 38.6 Å². The summed E-state index contributed by atoms with van der Waals surface area (Å²) < 4.78 is 0. The Morgan fingerprint density at radius 2 is 2.14 bits per heavy atom. The maximum Gasteiger partial charge on any atom is 0.0136 e. The Hall–Kier alpha value is 0.210. The molecule has 0 saturated carbocycles. The smallest absolute Gasteiger partial charge is 0.0136 e. The van der Waals surface area contributed by atoms with Gasteiger partial charge in [-0.05, 0) is 57.8 Å². The molecule has 0 bridgehead atoms. The number of nitrogens with zero attached hydrogens (tertiary/aromatic N) is 1. The van der Waals surface area contributed by atoms with E-state index in [1.807, 2.05) is 0 Å². The van der Waals surface area contributed by atoms with Crippen LogP contribution < -0.4 is 5.32 Å². The van der Waals surface area contributed by atoms with Gasteiger partial charge in [0.2, 0.25) is 0 Å². The third-order valence-corrected chi connectivity index (χ3v) is 3.70. The molecule has 2 aliphatic rings. The van der Waals surface area contributed by atoms with Crippen LogP contribution in [0.4, 0.5) is 0 Å². The van der Waals surface area contributed by atoms with Crippen LogP contribution in [0.15, 0.2) is 0 Å². The molecule has 0 aromatic rings. The van der Waals surface area contributed by atoms with Gasteiger partial charge in [0.25, 0.3) is 0 Å². The molecule has 0 spiro atoms. The fourth-order valence-corrected chi connectivity index (χ4v) is 2.99. The van der Waals surface area contributed by atoms with Crippen molar-refractivity contribution in [3.8, 4) is 0 Å². The summed E-state index contributed by atoms with van der Waals surface area (Å²) in [4.78, 5) is 2.70. The number of hydrogen-bond donors (Lipinski definition) is 1. The molecule has 0 aromatic heterocycles. The van der Waals surface area contributed by atoms with Crippen molar-refractivity contribution < 1.29 is 0 Å². The van der Waals surface area contributed by atoms with E-state index in [0.29, 0.717) is 0 Å². The maximum absolute atomic E-state index is 3.56. The lowest BCUT2D eigenvalue weighted by Gasteiger charge is -2.40. The normalized spacial score (nSPS) is 34.1. The molecule has 2 nitrogen and oxygen atoms in total. The fourth-order valence-electron chi connectivity index (χ4n) is 2.99. The van der Waals surface area contributed by atoms with E-state index in [9.17, 15) is 0 Å². The van der Waals surface area contributed by atoms with Gasteiger partial charge in [-0.2, -0.15) is 0 Å². The second-order valence-corrected chi connectivity index (χ2v) is 4.44. The molecule has 2 atom stereocenters. The fraction of sp³-hybridized carbons (Fsp3) is 1.00. The molecule has 0 amide bonds. The Labute approximate surface area is 93.8 Å². The highest BCUT2D eigenvalue weighted by Gasteiger charge is 2.30. The molecule has 3 heteroatoms. The molecular formula is C11H23ClN2. The number of halogens is 1. The van der Waals surface area contributed by atoms with Crippen LogP contribution in [0.2, 0.25) is 0 Å². The summed E-state index contributed by atoms with van der Waals surface area (Å²) in [5.41, 5.74) is 0. The predicted octanol–water partition coefficient (Wildman–Crippen LogP) is 1.89. The van der Waals surface area contributed by atoms with Gasteiger partial charge in [-0.1, -0.05) is 6.92 Å². The second-order valence-electron chi connectivity index (χ2n) is 4.44. The van der Waals surface area contributed by atoms with Gasteiger partial charge in [0.15, 0.2) is 0 Å². The van der Waals surface area contributed by atoms with Crippen molar-refractivity contribution in [3.63, 3.8) is 0 Å². The van der Waals surface area contributed by atoms with Crippen molar-refractivity contribution in [2.24, 2.45) is 5.92 Å². The third kappa shape index (κ3) is 2.62. The van der Waals surface area contributed by atoms with Crippen molar-refractivity contribution in [1.82, 2.24) is 10.2 Å². The summed E-state index contributed by atoms with van der Waals surface area (Å²) in [6, 6.07) is 0.897. The largest absolute Gasteiger partial charge is 0.316 e. The summed E-state index contributed by atoms with van der Waals surface area (Å²) in [7, 11) is 0. The zero-order valence-electron chi connectivity index (χ0n) is 9.17. The monoisotopic (exact) mass is 218 g/mol. The number of rotatable bonds is 1. The van der Waals surface area contributed by atoms with E-state index in [1.54, 1.807) is 0 Å². The first-order chi connectivity index (χ1) is 6.42. The van der Waals surface area contributed by atoms with E-state index >= 15 is 0 Å². The van der Waals surface area contributed by atoms with Gasteiger partial charge in [0.1, 0.15) is 0 Å². The Kier molecular flexibility index (Phi) is 5.21. The molecule has 84 valence electrons. The minimum Gasteiger partial charge on any atom is -0.316 e. The van der Waals surface area contributed by atoms with Crippen molar-refractivity contribution in [3.05, 3.63) is 0 Å². The molecule has 2 rings (SSSR count). The van der Waals surface area contributed by atoms with E-state index in [2.05, 4.69) is 17.1 Å². The van der Waals surface area contributed by atoms with Crippen LogP contribution >= 0.6 is 12.4 Å². The molecule has 2 heterocycles. The van der Waals surface area contributed by atoms with E-state index < -0.39 is 0 Å². The Morgan fingerprint density at radius 3 is 2.93 bits per heavy atom. The molecule has 0 aromatic carbocycles. The predicted molar refractivity (Wildman–Crippen MR) is 63.1 cm³/mol. The summed E-state index contributed by atoms with van der Waals surface area (Å²) in [6.45, 7) is 7.41. The minimum atomic E-state index is 0. The average molecular weight is 219 g/mol. The van der Waals surface area contributed by atoms with Crippen LogP contribution in [-0.4, -0.2) is 37.1 Å². The van der Waals surface area contributed by atoms with Gasteiger partial charge in [-0.25, -0.2) is 0 Å². The van der Waals surface area contributed by atoms with Crippen molar-refractivity contribution in [1.29, 1.82) is 0 Å². The average Bonchev–Trinajstić information content (AvgIpc) is 2.41. The van der Waals surface area contributed by atoms with Crippen molar-refractivity contribution in [2.75, 3.05) is 26.2 Å². The number of hydrogen-bond acceptors (Lipinski definition) is 2. The van der Waals surface area contributed by atoms with Crippen LogP contribution in [-0.2, 0) is 0 Å². The highest BCUT2D eigenvalue weighted by molar-refractivity contribution is 5.85. The van der Waals surface area contributed by atoms with Gasteiger partial charge >= 0.3 is 0 Å². The number of fused-ring (bicyclic) bond motifs is 1. The number of nitrogens with one attached hydrogen (secondary N) is 1. The van der Waals surface area contributed by atoms with Crippen molar-refractivity contribution >= 4 is 12.4 Å². The van der Waals surface area contributed by atoms with Crippen LogP contribution in [0.5, 0.6) is 0 Å². The van der Waals surface area contributed by atoms with E-state index in [4.69, 9.17) is 0 Å². The first-order valence-corrected chi connectivity index (χ1v) is 5.86. The van der Waals surface area contributed by atoms with Gasteiger partial charge in [-0.3, -0.25) is 0 Å². The third-order valence-electron chi connectivity index (χ3n) is 3.70. The minimum absolute atomic E-state index is 0. The zero-order chi connectivity index (χ0) is 9.10. The summed E-state index contributed by atoms with van der Waals surface area (Å²) >= 11 is 0. The molecule has 14 heavy (non-hydrogen) atoms. The second kappa shape index (κ2) is 5.94. The van der Waals surface area contributed by atoms with Gasteiger partial charge in [0.05, 0.1) is 0 Å². The zero-order valence-corrected chi connectivity index (χ0v) is 9.98. The first-order valence-electron chi connectivity index (χ1n) is 5.86. The Balaban J connectivity index is 0.000000980. The van der Waals surface area contributed by atoms with Gasteiger partial charge < -0.3 is 10.2 Å². The lowest BCUT2D eigenvalue weighted by molar-refractivity contribution is 0.0981. The first kappa shape index (κ1) is 12.3. The molecule has 1 N–H and O–H groups in total. The van der Waals surface area contributed by atoms with E-state index in [1.165, 1.54) is 51.9 Å². The lowest BCUT2D eigenvalue weighted by Crippen LogP contribution is -2.46. The van der Waals surface area contributed by atoms with Gasteiger partial charge in [-0.15, -0.1) is 12.4 Å². The quantitative estimate of drug-likeness (QED) is 0.723. The lowest BCUT2D eigenvalue weighted by atomic mass is 9.87. The molecule has 2 fully saturated rings. The molecule has 0 radical (unpaired) electrons. The molecule has 2 aliphatic heterocycles. The SMILES string of the molecule is CCN1CCCC2CNCCCC21.Cl. The number of likely N-dealkylation sites (tertiary alicyclic amines) is 1. The molecule has 2 saturated heterocycles. The summed E-state index contributed by atoms with van der Waals surface area (Å²) in [6.07, 6.45) is 5.66. The Bertz CT molecular complexity index is 163. The summed E-state index contributed by atoms with van der Waals surface area (Å²) in [5, 5.41) is 3.56. The van der Waals surface area contributed by atoms with Crippen LogP contribution in [0, 0.1) is 5.92 Å². The van der Waals surface area contributed by atoms with Gasteiger partial charge in [0, 0.05) is 6.04 Å². The van der Waals surface area contributed by atoms with E-state index in [0.717, 1.165) is 12.0 Å². The highest BCUT2D eigenvalue weighted by Crippen LogP contribution is 2.27. The number of piperidine rings is 1. The van der Waals surface area contributed by atoms with E-state index in [-0.39, 0.29) is 12.4 Å². The maximum atomic E-state index is 3.56. The molecular weight excluding hydrogens is 196 g/mol. The summed E-state index contributed by atoms with van der Waals surface area (Å²) in [5.74, 6) is 0.941. The van der Waals surface area contributed by atoms with Crippen LogP contribution in [0.3, 0.4) is 0 Å². The molecule has 0 aliphatic carbocycles. The van der Waals surface area contributed by atoms with Crippen LogP contribution in [0.25, 0.3) is 0 Å².